The molecule has 0 saturated heterocycles. The minimum Gasteiger partial charge on any atom is -0.481 e. The van der Waals surface area contributed by atoms with Crippen molar-refractivity contribution in [3.63, 3.8) is 0 Å². The summed E-state index contributed by atoms with van der Waals surface area (Å²) in [6.45, 7) is 1.24. The van der Waals surface area contributed by atoms with Crippen LogP contribution in [0, 0.1) is 0 Å². The number of nitrogens with zero attached hydrogens (tertiary/aromatic N) is 1. The van der Waals surface area contributed by atoms with Crippen molar-refractivity contribution in [2.45, 2.75) is 25.9 Å². The van der Waals surface area contributed by atoms with E-state index in [0.717, 1.165) is 7.11 Å². The molecule has 1 aromatic rings. The Bertz CT molecular complexity index is 570. The van der Waals surface area contributed by atoms with Crippen LogP contribution >= 0.6 is 0 Å². The van der Waals surface area contributed by atoms with Gasteiger partial charge in [0, 0.05) is 5.56 Å². The van der Waals surface area contributed by atoms with E-state index in [1.807, 2.05) is 0 Å². The maximum absolute atomic E-state index is 13.1. The first-order valence-electron chi connectivity index (χ1n) is 6.04. The number of ether oxygens (including phenoxy) is 3. The predicted octanol–water partition coefficient (Wildman–Crippen LogP) is 3.11. The van der Waals surface area contributed by atoms with Crippen molar-refractivity contribution >= 4 is 5.97 Å². The summed E-state index contributed by atoms with van der Waals surface area (Å²) in [6, 6.07) is 0. The lowest BCUT2D eigenvalue weighted by atomic mass is 10.0. The van der Waals surface area contributed by atoms with Gasteiger partial charge in [-0.15, -0.1) is 13.2 Å². The van der Waals surface area contributed by atoms with Crippen LogP contribution in [0.2, 0.25) is 0 Å². The van der Waals surface area contributed by atoms with E-state index in [2.05, 4.69) is 19.2 Å². The molecule has 1 rings (SSSR count). The second-order valence-electron chi connectivity index (χ2n) is 4.01. The van der Waals surface area contributed by atoms with Crippen LogP contribution in [0.5, 0.6) is 11.6 Å². The molecule has 0 fully saturated rings. The number of aromatic nitrogens is 1. The van der Waals surface area contributed by atoms with Crippen molar-refractivity contribution in [1.29, 1.82) is 0 Å². The van der Waals surface area contributed by atoms with E-state index in [-0.39, 0.29) is 6.61 Å². The standard InChI is InChI=1S/C12H11F6NO4/c1-3-22-8(20)4-6-7(23-12(16,17)18)5-19-10(21-2)9(6)11(13,14)15/h5H,3-4H2,1-2H3. The third-order valence-corrected chi connectivity index (χ3v) is 2.44. The Kier molecular flexibility index (Phi) is 5.67. The molecule has 130 valence electrons. The number of carbonyl (C=O) groups is 1. The summed E-state index contributed by atoms with van der Waals surface area (Å²) in [5.74, 6) is -3.39. The number of pyridine rings is 1. The molecule has 11 heteroatoms. The van der Waals surface area contributed by atoms with Crippen LogP contribution in [0.25, 0.3) is 0 Å². The molecule has 0 spiro atoms. The van der Waals surface area contributed by atoms with E-state index in [4.69, 9.17) is 0 Å². The molecule has 5 nitrogen and oxygen atoms in total. The third-order valence-electron chi connectivity index (χ3n) is 2.44. The molecule has 0 aromatic carbocycles. The zero-order chi connectivity index (χ0) is 17.8. The van der Waals surface area contributed by atoms with Crippen molar-refractivity contribution in [2.24, 2.45) is 0 Å². The van der Waals surface area contributed by atoms with Crippen LogP contribution in [-0.4, -0.2) is 31.0 Å². The van der Waals surface area contributed by atoms with Crippen molar-refractivity contribution in [2.75, 3.05) is 13.7 Å². The SMILES string of the molecule is CCOC(=O)Cc1c(OC(F)(F)F)cnc(OC)c1C(F)(F)F. The second kappa shape index (κ2) is 6.92. The predicted molar refractivity (Wildman–Crippen MR) is 62.8 cm³/mol. The van der Waals surface area contributed by atoms with Crippen LogP contribution in [-0.2, 0) is 22.1 Å². The number of hydrogen-bond acceptors (Lipinski definition) is 5. The molecule has 1 aromatic heterocycles. The average molecular weight is 347 g/mol. The summed E-state index contributed by atoms with van der Waals surface area (Å²) in [5.41, 5.74) is -2.70. The zero-order valence-corrected chi connectivity index (χ0v) is 11.8. The van der Waals surface area contributed by atoms with Gasteiger partial charge in [-0.05, 0) is 6.92 Å². The molecule has 0 aliphatic rings. The van der Waals surface area contributed by atoms with E-state index >= 15 is 0 Å². The van der Waals surface area contributed by atoms with Crippen LogP contribution in [0.3, 0.4) is 0 Å². The molecule has 23 heavy (non-hydrogen) atoms. The molecule has 0 saturated carbocycles. The molecule has 0 unspecified atom stereocenters. The Labute approximate surface area is 126 Å². The summed E-state index contributed by atoms with van der Waals surface area (Å²) >= 11 is 0. The Morgan fingerprint density at radius 3 is 2.26 bits per heavy atom. The van der Waals surface area contributed by atoms with E-state index in [9.17, 15) is 31.1 Å². The molecule has 0 aliphatic carbocycles. The highest BCUT2D eigenvalue weighted by atomic mass is 19.4. The highest BCUT2D eigenvalue weighted by Crippen LogP contribution is 2.42. The Balaban J connectivity index is 3.49. The fraction of sp³-hybridized carbons (Fsp3) is 0.500. The van der Waals surface area contributed by atoms with Gasteiger partial charge in [-0.3, -0.25) is 4.79 Å². The minimum absolute atomic E-state index is 0.155. The Hall–Kier alpha value is -2.20. The minimum atomic E-state index is -5.26. The lowest BCUT2D eigenvalue weighted by Crippen LogP contribution is -2.22. The summed E-state index contributed by atoms with van der Waals surface area (Å²) in [7, 11) is 0.857. The van der Waals surface area contributed by atoms with Gasteiger partial charge >= 0.3 is 18.5 Å². The zero-order valence-electron chi connectivity index (χ0n) is 11.8. The lowest BCUT2D eigenvalue weighted by molar-refractivity contribution is -0.275. The van der Waals surface area contributed by atoms with Crippen molar-refractivity contribution in [3.05, 3.63) is 17.3 Å². The monoisotopic (exact) mass is 347 g/mol. The fourth-order valence-electron chi connectivity index (χ4n) is 1.70. The van der Waals surface area contributed by atoms with Gasteiger partial charge in [0.1, 0.15) is 5.56 Å². The molecule has 0 amide bonds. The van der Waals surface area contributed by atoms with Gasteiger partial charge in [0.2, 0.25) is 5.88 Å². The molecular formula is C12H11F6NO4. The fourth-order valence-corrected chi connectivity index (χ4v) is 1.70. The number of rotatable bonds is 5. The number of esters is 1. The first-order chi connectivity index (χ1) is 10.5. The summed E-state index contributed by atoms with van der Waals surface area (Å²) in [4.78, 5) is 14.6. The van der Waals surface area contributed by atoms with Gasteiger partial charge in [0.05, 0.1) is 26.3 Å². The van der Waals surface area contributed by atoms with Gasteiger partial charge in [-0.25, -0.2) is 4.98 Å². The summed E-state index contributed by atoms with van der Waals surface area (Å²) in [5, 5.41) is 0. The van der Waals surface area contributed by atoms with Gasteiger partial charge < -0.3 is 14.2 Å². The average Bonchev–Trinajstić information content (AvgIpc) is 2.37. The van der Waals surface area contributed by atoms with E-state index in [1.165, 1.54) is 6.92 Å². The Morgan fingerprint density at radius 1 is 1.22 bits per heavy atom. The first kappa shape index (κ1) is 18.8. The lowest BCUT2D eigenvalue weighted by Gasteiger charge is -2.19. The molecule has 0 atom stereocenters. The molecule has 0 aliphatic heterocycles. The number of methoxy groups -OCH3 is 1. The molecule has 0 N–H and O–H groups in total. The normalized spacial score (nSPS) is 12.0. The van der Waals surface area contributed by atoms with Gasteiger partial charge in [0.25, 0.3) is 0 Å². The van der Waals surface area contributed by atoms with E-state index < -0.39 is 47.7 Å². The molecule has 0 radical (unpaired) electrons. The highest BCUT2D eigenvalue weighted by Gasteiger charge is 2.42. The number of alkyl halides is 6. The Morgan fingerprint density at radius 2 is 1.83 bits per heavy atom. The summed E-state index contributed by atoms with van der Waals surface area (Å²) in [6.07, 6.45) is -11.1. The van der Waals surface area contributed by atoms with Crippen LogP contribution in [0.15, 0.2) is 6.20 Å². The highest BCUT2D eigenvalue weighted by molar-refractivity contribution is 5.74. The maximum Gasteiger partial charge on any atom is 0.573 e. The van der Waals surface area contributed by atoms with Crippen LogP contribution in [0.1, 0.15) is 18.1 Å². The second-order valence-corrected chi connectivity index (χ2v) is 4.01. The molecular weight excluding hydrogens is 336 g/mol. The first-order valence-corrected chi connectivity index (χ1v) is 6.04. The third kappa shape index (κ3) is 5.18. The molecule has 1 heterocycles. The van der Waals surface area contributed by atoms with Crippen molar-refractivity contribution in [3.8, 4) is 11.6 Å². The summed E-state index contributed by atoms with van der Waals surface area (Å²) < 4.78 is 88.8. The van der Waals surface area contributed by atoms with E-state index in [1.54, 1.807) is 0 Å². The number of carbonyl (C=O) groups excluding carboxylic acids is 1. The topological polar surface area (TPSA) is 57.7 Å². The number of halogens is 6. The van der Waals surface area contributed by atoms with Crippen LogP contribution < -0.4 is 9.47 Å². The van der Waals surface area contributed by atoms with Gasteiger partial charge in [-0.1, -0.05) is 0 Å². The van der Waals surface area contributed by atoms with E-state index in [0.29, 0.717) is 6.20 Å². The largest absolute Gasteiger partial charge is 0.573 e. The molecule has 0 bridgehead atoms. The van der Waals surface area contributed by atoms with Crippen molar-refractivity contribution in [1.82, 2.24) is 4.98 Å². The van der Waals surface area contributed by atoms with Crippen LogP contribution in [0.4, 0.5) is 26.3 Å². The maximum atomic E-state index is 13.1. The smallest absolute Gasteiger partial charge is 0.481 e. The van der Waals surface area contributed by atoms with Crippen molar-refractivity contribution < 1.29 is 45.3 Å². The number of hydrogen-bond donors (Lipinski definition) is 0. The quantitative estimate of drug-likeness (QED) is 0.605. The van der Waals surface area contributed by atoms with Gasteiger partial charge in [0.15, 0.2) is 5.75 Å². The van der Waals surface area contributed by atoms with Gasteiger partial charge in [-0.2, -0.15) is 13.2 Å².